The molecule has 11 amide bonds. The topological polar surface area (TPSA) is 372 Å². The van der Waals surface area contributed by atoms with E-state index in [1.807, 2.05) is 16.7 Å². The van der Waals surface area contributed by atoms with E-state index in [1.165, 1.54) is 45.0 Å². The van der Waals surface area contributed by atoms with Gasteiger partial charge >= 0.3 is 0 Å². The number of aromatic nitrogens is 1. The molecule has 12 N–H and O–H groups in total. The number of allylic oxidation sites excluding steroid dienone is 2. The number of nitrogens with two attached hydrogens (primary N) is 1. The van der Waals surface area contributed by atoms with Gasteiger partial charge in [-0.3, -0.25) is 52.7 Å². The van der Waals surface area contributed by atoms with Crippen LogP contribution in [0.3, 0.4) is 0 Å². The van der Waals surface area contributed by atoms with Gasteiger partial charge in [-0.25, -0.2) is 4.39 Å². The zero-order chi connectivity index (χ0) is 67.1. The van der Waals surface area contributed by atoms with E-state index >= 15 is 18.8 Å². The van der Waals surface area contributed by atoms with Crippen LogP contribution >= 0.6 is 0 Å². The molecule has 4 aromatic rings. The fraction of sp³-hybridized carbons (Fsp3) is 0.492. The number of nitrogens with one attached hydrogen (secondary N) is 9. The van der Waals surface area contributed by atoms with Crippen LogP contribution in [0.1, 0.15) is 88.0 Å². The number of hydrogen-bond donors (Lipinski definition) is 11. The fourth-order valence-corrected chi connectivity index (χ4v) is 12.1. The van der Waals surface area contributed by atoms with Crippen LogP contribution in [-0.4, -0.2) is 191 Å². The number of likely N-dealkylation sites (tertiary alicyclic amines) is 1. The first kappa shape index (κ1) is 69.6. The predicted molar refractivity (Wildman–Crippen MR) is 336 cm³/mol. The second-order valence-electron chi connectivity index (χ2n) is 24.0. The molecular weight excluding hydrogens is 1210 g/mol. The summed E-state index contributed by atoms with van der Waals surface area (Å²) >= 11 is 0. The van der Waals surface area contributed by atoms with Crippen molar-refractivity contribution in [2.75, 3.05) is 46.9 Å². The van der Waals surface area contributed by atoms with E-state index in [1.54, 1.807) is 67.7 Å². The van der Waals surface area contributed by atoms with Crippen molar-refractivity contribution in [3.63, 3.8) is 0 Å². The van der Waals surface area contributed by atoms with Crippen LogP contribution in [0, 0.1) is 5.82 Å². The van der Waals surface area contributed by atoms with Crippen molar-refractivity contribution in [3.05, 3.63) is 113 Å². The number of aliphatic hydroxyl groups excluding tert-OH is 1. The first-order valence-electron chi connectivity index (χ1n) is 31.3. The number of halogens is 1. The van der Waals surface area contributed by atoms with Gasteiger partial charge in [0.1, 0.15) is 66.0 Å². The lowest BCUT2D eigenvalue weighted by molar-refractivity contribution is -0.148. The summed E-state index contributed by atoms with van der Waals surface area (Å²) in [5.74, 6) is -8.38. The third-order valence-electron chi connectivity index (χ3n) is 17.3. The summed E-state index contributed by atoms with van der Waals surface area (Å²) in [5.41, 5.74) is 7.17. The highest BCUT2D eigenvalue weighted by atomic mass is 19.1. The van der Waals surface area contributed by atoms with Gasteiger partial charge in [0, 0.05) is 95.5 Å². The Kier molecular flexibility index (Phi) is 23.8. The van der Waals surface area contributed by atoms with Crippen LogP contribution in [0.5, 0.6) is 5.75 Å². The number of nitrogens with zero attached hydrogens (tertiary/aromatic N) is 3. The third kappa shape index (κ3) is 17.7. The zero-order valence-corrected chi connectivity index (χ0v) is 52.9. The smallest absolute Gasteiger partial charge is 0.246 e. The zero-order valence-electron chi connectivity index (χ0n) is 52.9. The summed E-state index contributed by atoms with van der Waals surface area (Å²) in [4.78, 5) is 159. The number of amides is 11. The highest BCUT2D eigenvalue weighted by Crippen LogP contribution is 2.32. The van der Waals surface area contributed by atoms with Gasteiger partial charge in [-0.2, -0.15) is 0 Å². The first-order valence-corrected chi connectivity index (χ1v) is 31.3. The summed E-state index contributed by atoms with van der Waals surface area (Å²) in [7, 11) is 2.94. The summed E-state index contributed by atoms with van der Waals surface area (Å²) in [6.07, 6.45) is 3.18. The van der Waals surface area contributed by atoms with E-state index in [0.29, 0.717) is 64.6 Å². The molecule has 0 aliphatic carbocycles. The Hall–Kier alpha value is -9.28. The van der Waals surface area contributed by atoms with Gasteiger partial charge in [-0.15, -0.1) is 0 Å². The van der Waals surface area contributed by atoms with E-state index in [4.69, 9.17) is 15.2 Å². The van der Waals surface area contributed by atoms with Crippen LogP contribution < -0.4 is 58.3 Å². The lowest BCUT2D eigenvalue weighted by Gasteiger charge is -2.36. The highest BCUT2D eigenvalue weighted by molar-refractivity contribution is 6.00. The van der Waals surface area contributed by atoms with Gasteiger partial charge in [0.2, 0.25) is 65.0 Å². The molecule has 8 bridgehead atoms. The minimum atomic E-state index is -1.82. The molecule has 2 fully saturated rings. The molecule has 500 valence electrons. The molecule has 0 unspecified atom stereocenters. The van der Waals surface area contributed by atoms with Crippen LogP contribution in [0.15, 0.2) is 85.1 Å². The second-order valence-corrected chi connectivity index (χ2v) is 24.0. The van der Waals surface area contributed by atoms with Crippen molar-refractivity contribution in [2.24, 2.45) is 5.73 Å². The number of fused-ring (bicyclic) bond motifs is 12. The number of likely N-dealkylation sites (N-methyl/N-ethyl adjacent to an activating group) is 1. The maximum atomic E-state index is 15.8. The maximum Gasteiger partial charge on any atom is 0.246 e. The number of hydrogen-bond acceptors (Lipinski definition) is 15. The van der Waals surface area contributed by atoms with Gasteiger partial charge < -0.3 is 82.5 Å². The summed E-state index contributed by atoms with van der Waals surface area (Å²) in [6, 6.07) is 6.85. The molecule has 5 heterocycles. The molecule has 93 heavy (non-hydrogen) atoms. The van der Waals surface area contributed by atoms with Gasteiger partial charge in [0.25, 0.3) is 0 Å². The Balaban J connectivity index is 1.17. The molecule has 8 rings (SSSR count). The standard InChI is InChI=1S/C65H84FN13O14/c1-37-57(84)73-46-30-40-12-10-13-41(28-40)34-70-54(83)36-93-51-22-27-78(56(51)61(88)76-55(38(2)80)60(87)75-47(29-39-14-17-44(92-5)18-15-39)63(90)79-26-11-23-65(79,3)64(91)68-4)62(89)48(74-58(46)85)31-42-35-77(50-19-16-43(66)32-45(42)50)25-9-7-6-8-24-69-52(81)20-21-53(82)72-49(33-67)59(86)71-37/h7,9-10,12-19,28,32,35,37-38,46-49,51,55-56,80H,6,8,11,20-27,29-31,33-34,36,67H2,1-5H3,(H,68,91)(H,69,81)(H,70,83)(H,71,86)(H,72,82)(H,73,84)(H,74,85)(H,75,87)(H,76,88)/b9-7-/t37-,38-,46+,47+,48+,49+,51+,55+,56+,65+/m1/s1. The minimum Gasteiger partial charge on any atom is -0.497 e. The molecule has 27 nitrogen and oxygen atoms in total. The van der Waals surface area contributed by atoms with Gasteiger partial charge in [-0.05, 0) is 105 Å². The van der Waals surface area contributed by atoms with E-state index < -0.39 is 137 Å². The van der Waals surface area contributed by atoms with Crippen LogP contribution in [-0.2, 0) is 89.8 Å². The maximum absolute atomic E-state index is 15.8. The van der Waals surface area contributed by atoms with Crippen LogP contribution in [0.4, 0.5) is 4.39 Å². The minimum absolute atomic E-state index is 0.0461. The molecule has 0 spiro atoms. The lowest BCUT2D eigenvalue weighted by Crippen LogP contribution is -2.64. The summed E-state index contributed by atoms with van der Waals surface area (Å²) in [6.45, 7) is 3.63. The fourth-order valence-electron chi connectivity index (χ4n) is 12.1. The normalized spacial score (nSPS) is 24.8. The first-order chi connectivity index (χ1) is 44.5. The molecule has 4 aliphatic rings. The molecule has 3 aromatic carbocycles. The second kappa shape index (κ2) is 31.8. The molecule has 2 saturated heterocycles. The van der Waals surface area contributed by atoms with Crippen molar-refractivity contribution in [1.29, 1.82) is 0 Å². The Morgan fingerprint density at radius 2 is 1.58 bits per heavy atom. The van der Waals surface area contributed by atoms with Gasteiger partial charge in [0.15, 0.2) is 0 Å². The van der Waals surface area contributed by atoms with Crippen molar-refractivity contribution >= 4 is 75.9 Å². The van der Waals surface area contributed by atoms with Crippen molar-refractivity contribution in [1.82, 2.24) is 62.2 Å². The van der Waals surface area contributed by atoms with Gasteiger partial charge in [0.05, 0.1) is 19.3 Å². The van der Waals surface area contributed by atoms with E-state index in [0.717, 1.165) is 4.90 Å². The Bertz CT molecular complexity index is 3470. The summed E-state index contributed by atoms with van der Waals surface area (Å²) < 4.78 is 28.8. The average Bonchev–Trinajstić information content (AvgIpc) is 1.73. The molecule has 0 radical (unpaired) electrons. The monoisotopic (exact) mass is 1290 g/mol. The third-order valence-corrected chi connectivity index (χ3v) is 17.3. The Labute approximate surface area is 537 Å². The van der Waals surface area contributed by atoms with Gasteiger partial charge in [-0.1, -0.05) is 48.6 Å². The quantitative estimate of drug-likeness (QED) is 0.0809. The van der Waals surface area contributed by atoms with Crippen molar-refractivity contribution in [3.8, 4) is 5.75 Å². The predicted octanol–water partition coefficient (Wildman–Crippen LogP) is -0.926. The molecule has 0 saturated carbocycles. The number of carbonyl (C=O) groups is 11. The van der Waals surface area contributed by atoms with Crippen molar-refractivity contribution in [2.45, 2.75) is 158 Å². The van der Waals surface area contributed by atoms with E-state index in [2.05, 4.69) is 47.9 Å². The number of benzene rings is 3. The highest BCUT2D eigenvalue weighted by Gasteiger charge is 2.49. The SMILES string of the molecule is CNC(=O)[C@]1(C)CCCN1C(=O)[C@H](Cc1ccc(OC)cc1)NC(=O)[C@@H](NC(=O)[C@@H]1[C@@H]2CCN1C(=O)[C@@H]1Cc3cn(c4ccc(F)cc34)C/C=C\CCCNC(=O)CCC(=O)N[C@@H](CN)C(=O)N[C@H](C)C(=O)N[C@@H](Cc3cccc(c3)CNC(=O)CO2)C(=O)N1)[C@@H](C)O. The lowest BCUT2D eigenvalue weighted by atomic mass is 9.96. The number of carbonyl (C=O) groups excluding carboxylic acids is 11. The van der Waals surface area contributed by atoms with E-state index in [-0.39, 0.29) is 77.8 Å². The summed E-state index contributed by atoms with van der Waals surface area (Å²) in [5, 5.41) is 35.9. The Morgan fingerprint density at radius 1 is 0.839 bits per heavy atom. The molecule has 10 atom stereocenters. The molecular formula is C65H84FN13O14. The average molecular weight is 1290 g/mol. The number of rotatable bonds is 11. The number of methoxy groups -OCH3 is 1. The van der Waals surface area contributed by atoms with Crippen LogP contribution in [0.25, 0.3) is 10.9 Å². The number of aliphatic hydroxyl groups is 1. The van der Waals surface area contributed by atoms with Crippen molar-refractivity contribution < 1.29 is 71.7 Å². The largest absolute Gasteiger partial charge is 0.497 e. The van der Waals surface area contributed by atoms with Crippen LogP contribution in [0.2, 0.25) is 0 Å². The number of ether oxygens (including phenoxy) is 2. The molecule has 28 heteroatoms. The molecule has 4 aliphatic heterocycles. The molecule has 1 aromatic heterocycles. The van der Waals surface area contributed by atoms with E-state index in [9.17, 15) is 43.5 Å². The Morgan fingerprint density at radius 3 is 2.31 bits per heavy atom.